The Hall–Kier alpha value is -1.35. The Balaban J connectivity index is 0. The maximum Gasteiger partial charge on any atom is 1.00 e. The smallest absolute Gasteiger partial charge is 0.759 e. The van der Waals surface area contributed by atoms with E-state index in [1.165, 1.54) is 6.92 Å². The Bertz CT molecular complexity index is 450. The molecule has 1 aromatic rings. The van der Waals surface area contributed by atoms with Crippen LogP contribution < -0.4 is 4.57 Å². The van der Waals surface area contributed by atoms with Gasteiger partial charge in [-0.05, 0) is 6.92 Å². The summed E-state index contributed by atoms with van der Waals surface area (Å²) in [5.41, 5.74) is 0.698. The fourth-order valence-electron chi connectivity index (χ4n) is 0.957. The minimum absolute atomic E-state index is 0. The summed E-state index contributed by atoms with van der Waals surface area (Å²) in [7, 11) is -5.17. The molecule has 0 atom stereocenters. The van der Waals surface area contributed by atoms with Crippen molar-refractivity contribution >= 4 is 16.2 Å². The van der Waals surface area contributed by atoms with Crippen molar-refractivity contribution in [1.29, 1.82) is 0 Å². The lowest BCUT2D eigenvalue weighted by Crippen LogP contribution is -2.34. The third kappa shape index (κ3) is 9.57. The maximum atomic E-state index is 10.9. The number of carbonyl (C=O) groups is 1. The number of hydrogen-bond acceptors (Lipinski definition) is 6. The highest BCUT2D eigenvalue weighted by Crippen LogP contribution is 1.95. The minimum Gasteiger partial charge on any atom is -0.759 e. The molecule has 7 nitrogen and oxygen atoms in total. The van der Waals surface area contributed by atoms with Gasteiger partial charge in [0, 0.05) is 28.1 Å². The number of nitrogens with zero attached hydrogens (tertiary/aromatic N) is 1. The van der Waals surface area contributed by atoms with Crippen molar-refractivity contribution in [2.75, 3.05) is 6.61 Å². The summed E-state index contributed by atoms with van der Waals surface area (Å²) in [4.78, 5) is 10.9. The van der Waals surface area contributed by atoms with Crippen molar-refractivity contribution in [3.05, 3.63) is 30.1 Å². The van der Waals surface area contributed by atoms with E-state index in [9.17, 15) is 4.79 Å². The summed E-state index contributed by atoms with van der Waals surface area (Å²) in [6.45, 7) is 2.22. The summed E-state index contributed by atoms with van der Waals surface area (Å²) in [6, 6.07) is 3.50. The second-order valence-electron chi connectivity index (χ2n) is 3.01. The molecule has 0 bridgehead atoms. The molecule has 17 heavy (non-hydrogen) atoms. The SMILES string of the molecule is CC(=O)c1cc[n+](CCO)cc1.O=S(=O)([O-])[O-].[H+]. The summed E-state index contributed by atoms with van der Waals surface area (Å²) < 4.78 is 35.9. The number of Topliss-reactive ketones (excluding diaryl/α,β-unsaturated/α-hetero) is 1. The third-order valence-corrected chi connectivity index (χ3v) is 1.66. The zero-order chi connectivity index (χ0) is 13.5. The topological polar surface area (TPSA) is 121 Å². The van der Waals surface area contributed by atoms with Crippen molar-refractivity contribution in [1.82, 2.24) is 0 Å². The molecule has 0 radical (unpaired) electrons. The van der Waals surface area contributed by atoms with Crippen molar-refractivity contribution in [2.24, 2.45) is 0 Å². The monoisotopic (exact) mass is 263 g/mol. The number of pyridine rings is 1. The first-order chi connectivity index (χ1) is 7.74. The molecular weight excluding hydrogens is 250 g/mol. The summed E-state index contributed by atoms with van der Waals surface area (Å²) >= 11 is 0. The number of carbonyl (C=O) groups excluding carboxylic acids is 1. The average Bonchev–Trinajstić information content (AvgIpc) is 2.16. The number of aliphatic hydroxyl groups excluding tert-OH is 1. The highest BCUT2D eigenvalue weighted by atomic mass is 32.3. The summed E-state index contributed by atoms with van der Waals surface area (Å²) in [5.74, 6) is 0.0612. The third-order valence-electron chi connectivity index (χ3n) is 1.66. The Morgan fingerprint density at radius 1 is 1.41 bits per heavy atom. The molecule has 96 valence electrons. The molecule has 1 N–H and O–H groups in total. The molecule has 0 aliphatic heterocycles. The van der Waals surface area contributed by atoms with E-state index in [4.69, 9.17) is 22.6 Å². The second-order valence-corrected chi connectivity index (χ2v) is 3.83. The van der Waals surface area contributed by atoms with Crippen molar-refractivity contribution in [3.63, 3.8) is 0 Å². The number of aromatic nitrogens is 1. The standard InChI is InChI=1S/C9H12NO2.H2O4S/c1-8(12)9-2-4-10(5-3-9)6-7-11;1-5(2,3)4/h2-5,11H,6-7H2,1H3;(H2,1,2,3,4)/q+1;/p-1. The van der Waals surface area contributed by atoms with E-state index in [1.54, 1.807) is 24.5 Å². The van der Waals surface area contributed by atoms with Gasteiger partial charge in [0.15, 0.2) is 24.7 Å². The van der Waals surface area contributed by atoms with Crippen LogP contribution in [-0.2, 0) is 16.9 Å². The van der Waals surface area contributed by atoms with E-state index in [0.717, 1.165) is 0 Å². The quantitative estimate of drug-likeness (QED) is 0.321. The lowest BCUT2D eigenvalue weighted by atomic mass is 10.2. The van der Waals surface area contributed by atoms with Crippen LogP contribution >= 0.6 is 0 Å². The summed E-state index contributed by atoms with van der Waals surface area (Å²) in [6.07, 6.45) is 3.57. The first-order valence-corrected chi connectivity index (χ1v) is 5.85. The average molecular weight is 263 g/mol. The number of ketones is 1. The van der Waals surface area contributed by atoms with Gasteiger partial charge in [-0.15, -0.1) is 0 Å². The largest absolute Gasteiger partial charge is 1.00 e. The molecule has 0 aliphatic rings. The Labute approximate surface area is 100 Å². The van der Waals surface area contributed by atoms with Gasteiger partial charge in [-0.3, -0.25) is 13.2 Å². The highest BCUT2D eigenvalue weighted by Gasteiger charge is 2.02. The van der Waals surface area contributed by atoms with Crippen LogP contribution in [0, 0.1) is 0 Å². The molecule has 0 unspecified atom stereocenters. The molecule has 0 saturated heterocycles. The van der Waals surface area contributed by atoms with Crippen LogP contribution in [0.2, 0.25) is 0 Å². The number of hydrogen-bond donors (Lipinski definition) is 1. The van der Waals surface area contributed by atoms with Gasteiger partial charge in [0.2, 0.25) is 0 Å². The van der Waals surface area contributed by atoms with E-state index in [1.807, 2.05) is 4.57 Å². The van der Waals surface area contributed by atoms with Gasteiger partial charge in [0.1, 0.15) is 6.61 Å². The zero-order valence-corrected chi connectivity index (χ0v) is 9.88. The first kappa shape index (κ1) is 15.7. The molecule has 1 heterocycles. The molecule has 0 amide bonds. The number of rotatable bonds is 3. The van der Waals surface area contributed by atoms with Crippen molar-refractivity contribution in [2.45, 2.75) is 13.5 Å². The predicted molar refractivity (Wildman–Crippen MR) is 55.3 cm³/mol. The van der Waals surface area contributed by atoms with Crippen LogP contribution in [0.1, 0.15) is 18.7 Å². The molecule has 0 aromatic carbocycles. The molecule has 8 heteroatoms. The van der Waals surface area contributed by atoms with Crippen LogP contribution in [0.4, 0.5) is 0 Å². The normalized spacial score (nSPS) is 10.4. The molecule has 0 spiro atoms. The van der Waals surface area contributed by atoms with Crippen LogP contribution in [0.5, 0.6) is 0 Å². The van der Waals surface area contributed by atoms with E-state index in [2.05, 4.69) is 0 Å². The Morgan fingerprint density at radius 3 is 2.12 bits per heavy atom. The Morgan fingerprint density at radius 2 is 1.82 bits per heavy atom. The van der Waals surface area contributed by atoms with Crippen LogP contribution in [0.15, 0.2) is 24.5 Å². The zero-order valence-electron chi connectivity index (χ0n) is 10.1. The van der Waals surface area contributed by atoms with Crippen LogP contribution in [0.3, 0.4) is 0 Å². The van der Waals surface area contributed by atoms with Gasteiger partial charge < -0.3 is 14.2 Å². The van der Waals surface area contributed by atoms with E-state index >= 15 is 0 Å². The van der Waals surface area contributed by atoms with Gasteiger partial charge in [0.05, 0.1) is 0 Å². The van der Waals surface area contributed by atoms with Gasteiger partial charge in [-0.1, -0.05) is 0 Å². The van der Waals surface area contributed by atoms with E-state index in [-0.39, 0.29) is 13.8 Å². The van der Waals surface area contributed by atoms with E-state index < -0.39 is 10.4 Å². The maximum absolute atomic E-state index is 10.9. The summed E-state index contributed by atoms with van der Waals surface area (Å²) in [5, 5.41) is 8.61. The van der Waals surface area contributed by atoms with Gasteiger partial charge >= 0.3 is 1.43 Å². The molecule has 1 aromatic heterocycles. The second kappa shape index (κ2) is 7.07. The first-order valence-electron chi connectivity index (χ1n) is 4.51. The fourth-order valence-corrected chi connectivity index (χ4v) is 0.957. The van der Waals surface area contributed by atoms with Crippen molar-refractivity contribution in [3.8, 4) is 0 Å². The van der Waals surface area contributed by atoms with Crippen LogP contribution in [0.25, 0.3) is 0 Å². The number of aliphatic hydroxyl groups is 1. The predicted octanol–water partition coefficient (Wildman–Crippen LogP) is -1.06. The minimum atomic E-state index is -5.17. The van der Waals surface area contributed by atoms with Gasteiger partial charge in [-0.25, -0.2) is 4.57 Å². The van der Waals surface area contributed by atoms with Crippen LogP contribution in [-0.4, -0.2) is 35.0 Å². The molecule has 0 fully saturated rings. The molecule has 0 saturated carbocycles. The molecular formula is C9H13NO6S. The fraction of sp³-hybridized carbons (Fsp3) is 0.333. The van der Waals surface area contributed by atoms with Gasteiger partial charge in [0.25, 0.3) is 0 Å². The lowest BCUT2D eigenvalue weighted by molar-refractivity contribution is -0.698. The Kier molecular flexibility index (Phi) is 6.51. The molecule has 0 aliphatic carbocycles. The lowest BCUT2D eigenvalue weighted by Gasteiger charge is -2.06. The van der Waals surface area contributed by atoms with E-state index in [0.29, 0.717) is 12.1 Å². The highest BCUT2D eigenvalue weighted by molar-refractivity contribution is 7.79. The van der Waals surface area contributed by atoms with Crippen molar-refractivity contribution < 1.29 is 33.4 Å². The molecule has 1 rings (SSSR count). The van der Waals surface area contributed by atoms with Gasteiger partial charge in [-0.2, -0.15) is 0 Å².